The van der Waals surface area contributed by atoms with Crippen LogP contribution in [0.2, 0.25) is 5.02 Å². The van der Waals surface area contributed by atoms with E-state index in [0.29, 0.717) is 47.4 Å². The lowest BCUT2D eigenvalue weighted by Crippen LogP contribution is -2.60. The summed E-state index contributed by atoms with van der Waals surface area (Å²) in [6, 6.07) is 12.0. The van der Waals surface area contributed by atoms with Gasteiger partial charge in [0.1, 0.15) is 11.1 Å². The van der Waals surface area contributed by atoms with E-state index < -0.39 is 47.0 Å². The Hall–Kier alpha value is -3.94. The number of hydrogen-bond acceptors (Lipinski definition) is 7. The van der Waals surface area contributed by atoms with Crippen LogP contribution in [0.1, 0.15) is 24.0 Å². The van der Waals surface area contributed by atoms with Gasteiger partial charge in [-0.3, -0.25) is 14.6 Å². The molecule has 12 nitrogen and oxygen atoms in total. The monoisotopic (exact) mass is 601 g/mol. The van der Waals surface area contributed by atoms with Gasteiger partial charge in [-0.25, -0.2) is 13.2 Å². The summed E-state index contributed by atoms with van der Waals surface area (Å²) < 4.78 is 27.6. The molecule has 3 N–H and O–H groups in total. The third-order valence-electron chi connectivity index (χ3n) is 7.37. The molecule has 41 heavy (non-hydrogen) atoms. The van der Waals surface area contributed by atoms with Crippen LogP contribution in [0.5, 0.6) is 0 Å². The standard InChI is InChI=1S/C27H28ClN5O7S/c28-21-5-6-22-20(11-21)12-24(30-22)41(39,40)32-15-23(27(37)38)33(25(34)16-32)14-18-3-1-17(2-4-18)13-29-31-9-7-19(8-10-31)26(35)36/h1-6,11-13,19,23,30H,7-10,14-16H2,(H,35,36)(H,37,38)/t23-/m1/s1. The van der Waals surface area contributed by atoms with E-state index in [1.165, 1.54) is 11.0 Å². The number of carbonyl (C=O) groups is 3. The van der Waals surface area contributed by atoms with Gasteiger partial charge in [-0.1, -0.05) is 35.9 Å². The number of aromatic amines is 1. The zero-order valence-corrected chi connectivity index (χ0v) is 23.4. The number of piperidine rings is 1. The molecule has 1 aromatic heterocycles. The van der Waals surface area contributed by atoms with Crippen molar-refractivity contribution in [2.24, 2.45) is 11.0 Å². The number of carboxylic acid groups (broad SMARTS) is 2. The van der Waals surface area contributed by atoms with E-state index in [9.17, 15) is 27.9 Å². The number of H-pyrrole nitrogens is 1. The topological polar surface area (TPSA) is 164 Å². The molecule has 2 fully saturated rings. The summed E-state index contributed by atoms with van der Waals surface area (Å²) in [5, 5.41) is 26.1. The second-order valence-corrected chi connectivity index (χ2v) is 12.4. The zero-order chi connectivity index (χ0) is 29.3. The van der Waals surface area contributed by atoms with Crippen LogP contribution < -0.4 is 0 Å². The quantitative estimate of drug-likeness (QED) is 0.331. The molecule has 2 aliphatic rings. The third kappa shape index (κ3) is 6.21. The average molecular weight is 602 g/mol. The molecule has 2 aromatic carbocycles. The Bertz CT molecular complexity index is 1610. The van der Waals surface area contributed by atoms with Gasteiger partial charge in [-0.05, 0) is 48.2 Å². The SMILES string of the molecule is O=C(O)C1CCN(N=Cc2ccc(CN3C(=O)CN(S(=O)(=O)c4cc5cc(Cl)ccc5[nH]4)C[C@@H]3C(=O)O)cc2)CC1. The molecule has 5 rings (SSSR count). The molecule has 216 valence electrons. The van der Waals surface area contributed by atoms with E-state index in [2.05, 4.69) is 10.1 Å². The van der Waals surface area contributed by atoms with Crippen molar-refractivity contribution < 1.29 is 33.0 Å². The molecule has 0 bridgehead atoms. The fraction of sp³-hybridized carbons (Fsp3) is 0.333. The molecular formula is C27H28ClN5O7S. The first kappa shape index (κ1) is 28.6. The molecule has 2 saturated heterocycles. The van der Waals surface area contributed by atoms with Gasteiger partial charge < -0.3 is 20.1 Å². The van der Waals surface area contributed by atoms with E-state index in [1.54, 1.807) is 48.7 Å². The second-order valence-electron chi connectivity index (χ2n) is 10.1. The molecule has 14 heteroatoms. The Morgan fingerprint density at radius 3 is 2.41 bits per heavy atom. The number of carbonyl (C=O) groups excluding carboxylic acids is 1. The van der Waals surface area contributed by atoms with Gasteiger partial charge >= 0.3 is 11.9 Å². The minimum atomic E-state index is -4.18. The van der Waals surface area contributed by atoms with Gasteiger partial charge in [0, 0.05) is 42.1 Å². The number of carboxylic acids is 2. The van der Waals surface area contributed by atoms with E-state index >= 15 is 0 Å². The highest BCUT2D eigenvalue weighted by Crippen LogP contribution is 2.27. The first-order chi connectivity index (χ1) is 19.5. The molecule has 0 saturated carbocycles. The molecular weight excluding hydrogens is 574 g/mol. The highest BCUT2D eigenvalue weighted by Gasteiger charge is 2.42. The van der Waals surface area contributed by atoms with Crippen LogP contribution in [0.15, 0.2) is 58.7 Å². The van der Waals surface area contributed by atoms with Crippen molar-refractivity contribution in [1.29, 1.82) is 0 Å². The Labute approximate surface area is 240 Å². The van der Waals surface area contributed by atoms with Crippen LogP contribution in [-0.2, 0) is 31.0 Å². The summed E-state index contributed by atoms with van der Waals surface area (Å²) >= 11 is 6.00. The van der Waals surface area contributed by atoms with E-state index in [0.717, 1.165) is 9.87 Å². The van der Waals surface area contributed by atoms with Crippen molar-refractivity contribution in [3.8, 4) is 0 Å². The molecule has 0 radical (unpaired) electrons. The first-order valence-electron chi connectivity index (χ1n) is 12.9. The third-order valence-corrected chi connectivity index (χ3v) is 9.34. The fourth-order valence-electron chi connectivity index (χ4n) is 5.00. The lowest BCUT2D eigenvalue weighted by atomic mass is 9.98. The smallest absolute Gasteiger partial charge is 0.327 e. The van der Waals surface area contributed by atoms with Crippen LogP contribution in [-0.4, -0.2) is 94.1 Å². The van der Waals surface area contributed by atoms with Crippen LogP contribution in [0.25, 0.3) is 10.9 Å². The maximum absolute atomic E-state index is 13.3. The van der Waals surface area contributed by atoms with Crippen LogP contribution >= 0.6 is 11.6 Å². The maximum Gasteiger partial charge on any atom is 0.327 e. The Morgan fingerprint density at radius 1 is 1.05 bits per heavy atom. The number of benzene rings is 2. The minimum Gasteiger partial charge on any atom is -0.481 e. The summed E-state index contributed by atoms with van der Waals surface area (Å²) in [6.07, 6.45) is 2.74. The van der Waals surface area contributed by atoms with Gasteiger partial charge in [0.25, 0.3) is 10.0 Å². The van der Waals surface area contributed by atoms with Crippen molar-refractivity contribution >= 4 is 56.6 Å². The lowest BCUT2D eigenvalue weighted by Gasteiger charge is -2.38. The number of piperazine rings is 1. The number of nitrogens with zero attached hydrogens (tertiary/aromatic N) is 4. The first-order valence-corrected chi connectivity index (χ1v) is 14.7. The summed E-state index contributed by atoms with van der Waals surface area (Å²) in [4.78, 5) is 40.3. The summed E-state index contributed by atoms with van der Waals surface area (Å²) in [5.41, 5.74) is 2.00. The lowest BCUT2D eigenvalue weighted by molar-refractivity contribution is -0.154. The highest BCUT2D eigenvalue weighted by molar-refractivity contribution is 7.89. The maximum atomic E-state index is 13.3. The fourth-order valence-corrected chi connectivity index (χ4v) is 6.59. The number of hydrogen-bond donors (Lipinski definition) is 3. The summed E-state index contributed by atoms with van der Waals surface area (Å²) in [6.45, 7) is 0.213. The van der Waals surface area contributed by atoms with Crippen molar-refractivity contribution in [1.82, 2.24) is 19.2 Å². The molecule has 1 atom stereocenters. The van der Waals surface area contributed by atoms with Gasteiger partial charge in [0.2, 0.25) is 5.91 Å². The molecule has 3 aromatic rings. The predicted octanol–water partition coefficient (Wildman–Crippen LogP) is 2.44. The zero-order valence-electron chi connectivity index (χ0n) is 21.8. The molecule has 1 amide bonds. The Kier molecular flexibility index (Phi) is 8.02. The Morgan fingerprint density at radius 2 is 1.76 bits per heavy atom. The van der Waals surface area contributed by atoms with Crippen molar-refractivity contribution in [3.63, 3.8) is 0 Å². The number of amides is 1. The highest BCUT2D eigenvalue weighted by atomic mass is 35.5. The van der Waals surface area contributed by atoms with Crippen LogP contribution in [0.3, 0.4) is 0 Å². The molecule has 0 aliphatic carbocycles. The average Bonchev–Trinajstić information content (AvgIpc) is 3.38. The summed E-state index contributed by atoms with van der Waals surface area (Å²) in [7, 11) is -4.18. The number of aromatic nitrogens is 1. The molecule has 3 heterocycles. The summed E-state index contributed by atoms with van der Waals surface area (Å²) in [5.74, 6) is -3.05. The second kappa shape index (κ2) is 11.5. The van der Waals surface area contributed by atoms with Crippen LogP contribution in [0, 0.1) is 5.92 Å². The number of fused-ring (bicyclic) bond motifs is 1. The van der Waals surface area contributed by atoms with Crippen molar-refractivity contribution in [2.45, 2.75) is 30.5 Å². The normalized spacial score (nSPS) is 19.3. The number of nitrogens with one attached hydrogen (secondary N) is 1. The largest absolute Gasteiger partial charge is 0.481 e. The predicted molar refractivity (Wildman–Crippen MR) is 150 cm³/mol. The van der Waals surface area contributed by atoms with Crippen LogP contribution in [0.4, 0.5) is 0 Å². The van der Waals surface area contributed by atoms with E-state index in [4.69, 9.17) is 16.7 Å². The van der Waals surface area contributed by atoms with E-state index in [1.807, 2.05) is 5.01 Å². The minimum absolute atomic E-state index is 0.00526. The molecule has 2 aliphatic heterocycles. The Balaban J connectivity index is 1.25. The van der Waals surface area contributed by atoms with Crippen molar-refractivity contribution in [2.75, 3.05) is 26.2 Å². The number of halogens is 1. The van der Waals surface area contributed by atoms with Gasteiger partial charge in [-0.15, -0.1) is 0 Å². The number of hydrazone groups is 1. The molecule has 0 spiro atoms. The van der Waals surface area contributed by atoms with Gasteiger partial charge in [0.05, 0.1) is 18.7 Å². The van der Waals surface area contributed by atoms with E-state index in [-0.39, 0.29) is 17.5 Å². The number of aliphatic carboxylic acids is 2. The molecule has 0 unspecified atom stereocenters. The van der Waals surface area contributed by atoms with Gasteiger partial charge in [0.15, 0.2) is 0 Å². The number of rotatable bonds is 8. The van der Waals surface area contributed by atoms with Crippen molar-refractivity contribution in [3.05, 3.63) is 64.7 Å². The van der Waals surface area contributed by atoms with Gasteiger partial charge in [-0.2, -0.15) is 9.41 Å². The number of sulfonamides is 1.